The van der Waals surface area contributed by atoms with E-state index in [9.17, 15) is 26.7 Å². The number of aromatic nitrogens is 1. The Morgan fingerprint density at radius 1 is 1.45 bits per heavy atom. The fourth-order valence-corrected chi connectivity index (χ4v) is 1.45. The van der Waals surface area contributed by atoms with Crippen LogP contribution in [0.4, 0.5) is 22.0 Å². The van der Waals surface area contributed by atoms with Crippen LogP contribution in [0, 0.1) is 0 Å². The molecule has 0 aliphatic carbocycles. The summed E-state index contributed by atoms with van der Waals surface area (Å²) in [6.45, 7) is -0.431. The third kappa shape index (κ3) is 4.30. The van der Waals surface area contributed by atoms with Crippen LogP contribution >= 0.6 is 0 Å². The van der Waals surface area contributed by atoms with Crippen molar-refractivity contribution >= 4 is 5.97 Å². The maximum Gasteiger partial charge on any atom is 0.574 e. The fraction of sp³-hybridized carbons (Fsp3) is 0.400. The molecule has 1 heterocycles. The molecular weight excluding hydrogens is 291 g/mol. The third-order valence-corrected chi connectivity index (χ3v) is 2.18. The quantitative estimate of drug-likeness (QED) is 0.812. The molecule has 0 bridgehead atoms. The SMILES string of the molecule is NCc1cc(C(F)F)nc(OC(F)(F)F)c1CC(=O)O. The highest BCUT2D eigenvalue weighted by molar-refractivity contribution is 5.71. The topological polar surface area (TPSA) is 85.4 Å². The Labute approximate surface area is 109 Å². The van der Waals surface area contributed by atoms with Crippen LogP contribution in [-0.2, 0) is 17.8 Å². The van der Waals surface area contributed by atoms with E-state index in [1.165, 1.54) is 0 Å². The van der Waals surface area contributed by atoms with Gasteiger partial charge in [-0.2, -0.15) is 0 Å². The van der Waals surface area contributed by atoms with E-state index in [0.717, 1.165) is 6.07 Å². The van der Waals surface area contributed by atoms with E-state index in [2.05, 4.69) is 9.72 Å². The number of aliphatic carboxylic acids is 1. The van der Waals surface area contributed by atoms with Crippen LogP contribution in [0.3, 0.4) is 0 Å². The van der Waals surface area contributed by atoms with E-state index < -0.39 is 48.9 Å². The van der Waals surface area contributed by atoms with Gasteiger partial charge < -0.3 is 15.6 Å². The molecule has 0 radical (unpaired) electrons. The number of pyridine rings is 1. The number of carbonyl (C=O) groups is 1. The highest BCUT2D eigenvalue weighted by atomic mass is 19.4. The smallest absolute Gasteiger partial charge is 0.481 e. The van der Waals surface area contributed by atoms with Crippen LogP contribution in [0.2, 0.25) is 0 Å². The first kappa shape index (κ1) is 16.1. The van der Waals surface area contributed by atoms with Crippen molar-refractivity contribution in [2.24, 2.45) is 5.73 Å². The lowest BCUT2D eigenvalue weighted by atomic mass is 10.1. The lowest BCUT2D eigenvalue weighted by Crippen LogP contribution is -2.21. The van der Waals surface area contributed by atoms with E-state index in [1.54, 1.807) is 0 Å². The molecule has 1 aromatic heterocycles. The molecule has 0 spiro atoms. The van der Waals surface area contributed by atoms with Crippen LogP contribution in [0.15, 0.2) is 6.07 Å². The van der Waals surface area contributed by atoms with Gasteiger partial charge in [-0.05, 0) is 11.6 Å². The van der Waals surface area contributed by atoms with Crippen LogP contribution in [0.5, 0.6) is 5.88 Å². The fourth-order valence-electron chi connectivity index (χ4n) is 1.45. The zero-order chi connectivity index (χ0) is 15.5. The molecule has 20 heavy (non-hydrogen) atoms. The standard InChI is InChI=1S/C10H9F5N2O3/c11-8(12)6-1-4(3-16)5(2-7(18)19)9(17-6)20-10(13,14)15/h1,8H,2-3,16H2,(H,18,19). The Balaban J connectivity index is 3.39. The largest absolute Gasteiger partial charge is 0.574 e. The average molecular weight is 300 g/mol. The Kier molecular flexibility index (Phi) is 4.82. The highest BCUT2D eigenvalue weighted by Crippen LogP contribution is 2.30. The molecule has 0 fully saturated rings. The third-order valence-electron chi connectivity index (χ3n) is 2.18. The van der Waals surface area contributed by atoms with Gasteiger partial charge >= 0.3 is 12.3 Å². The predicted molar refractivity (Wildman–Crippen MR) is 55.1 cm³/mol. The number of hydrogen-bond donors (Lipinski definition) is 2. The van der Waals surface area contributed by atoms with Gasteiger partial charge in [0.2, 0.25) is 5.88 Å². The summed E-state index contributed by atoms with van der Waals surface area (Å²) in [5.41, 5.74) is 3.57. The lowest BCUT2D eigenvalue weighted by molar-refractivity contribution is -0.276. The number of rotatable bonds is 5. The van der Waals surface area contributed by atoms with Gasteiger partial charge in [0.25, 0.3) is 6.43 Å². The van der Waals surface area contributed by atoms with E-state index in [0.29, 0.717) is 0 Å². The maximum atomic E-state index is 12.5. The minimum atomic E-state index is -5.19. The molecule has 1 aromatic rings. The Hall–Kier alpha value is -1.97. The zero-order valence-electron chi connectivity index (χ0n) is 9.75. The Morgan fingerprint density at radius 2 is 2.05 bits per heavy atom. The molecule has 0 amide bonds. The second kappa shape index (κ2) is 5.99. The van der Waals surface area contributed by atoms with Gasteiger partial charge in [0, 0.05) is 12.1 Å². The zero-order valence-corrected chi connectivity index (χ0v) is 9.75. The number of carboxylic acid groups (broad SMARTS) is 1. The monoisotopic (exact) mass is 300 g/mol. The molecule has 1 rings (SSSR count). The molecule has 112 valence electrons. The summed E-state index contributed by atoms with van der Waals surface area (Å²) in [4.78, 5) is 13.6. The van der Waals surface area contributed by atoms with Crippen molar-refractivity contribution in [3.8, 4) is 5.88 Å². The molecule has 0 aliphatic rings. The minimum absolute atomic E-state index is 0.197. The van der Waals surface area contributed by atoms with Crippen LogP contribution in [-0.4, -0.2) is 22.4 Å². The molecule has 10 heteroatoms. The van der Waals surface area contributed by atoms with Crippen molar-refractivity contribution in [2.75, 3.05) is 0 Å². The lowest BCUT2D eigenvalue weighted by Gasteiger charge is -2.15. The Bertz CT molecular complexity index is 504. The van der Waals surface area contributed by atoms with Gasteiger partial charge in [0.05, 0.1) is 6.42 Å². The van der Waals surface area contributed by atoms with Crippen LogP contribution in [0.25, 0.3) is 0 Å². The van der Waals surface area contributed by atoms with Crippen molar-refractivity contribution in [3.05, 3.63) is 22.9 Å². The summed E-state index contributed by atoms with van der Waals surface area (Å²) in [6.07, 6.45) is -9.21. The van der Waals surface area contributed by atoms with Gasteiger partial charge in [0.15, 0.2) is 0 Å². The number of carboxylic acids is 1. The number of hydrogen-bond acceptors (Lipinski definition) is 4. The van der Waals surface area contributed by atoms with Crippen molar-refractivity contribution in [2.45, 2.75) is 25.8 Å². The summed E-state index contributed by atoms with van der Waals surface area (Å²) in [5.74, 6) is -2.70. The van der Waals surface area contributed by atoms with Gasteiger partial charge in [-0.1, -0.05) is 0 Å². The molecule has 0 atom stereocenters. The molecule has 0 saturated heterocycles. The van der Waals surface area contributed by atoms with Gasteiger partial charge in [-0.25, -0.2) is 13.8 Å². The van der Waals surface area contributed by atoms with Crippen molar-refractivity contribution in [3.63, 3.8) is 0 Å². The first-order valence-corrected chi connectivity index (χ1v) is 5.12. The number of nitrogens with two attached hydrogens (primary N) is 1. The first-order valence-electron chi connectivity index (χ1n) is 5.12. The van der Waals surface area contributed by atoms with Gasteiger partial charge in [0.1, 0.15) is 5.69 Å². The molecule has 0 aromatic carbocycles. The van der Waals surface area contributed by atoms with E-state index in [1.807, 2.05) is 0 Å². The maximum absolute atomic E-state index is 12.5. The summed E-state index contributed by atoms with van der Waals surface area (Å²) < 4.78 is 65.2. The predicted octanol–water partition coefficient (Wildman–Crippen LogP) is 2.00. The number of alkyl halides is 5. The minimum Gasteiger partial charge on any atom is -0.481 e. The number of ether oxygens (including phenoxy) is 1. The second-order valence-corrected chi connectivity index (χ2v) is 3.61. The summed E-state index contributed by atoms with van der Waals surface area (Å²) >= 11 is 0. The van der Waals surface area contributed by atoms with Gasteiger partial charge in [-0.15, -0.1) is 13.2 Å². The first-order chi connectivity index (χ1) is 9.14. The summed E-state index contributed by atoms with van der Waals surface area (Å²) in [5, 5.41) is 8.63. The molecule has 3 N–H and O–H groups in total. The Morgan fingerprint density at radius 3 is 2.45 bits per heavy atom. The summed E-state index contributed by atoms with van der Waals surface area (Å²) in [7, 11) is 0. The van der Waals surface area contributed by atoms with Crippen LogP contribution < -0.4 is 10.5 Å². The molecular formula is C10H9F5N2O3. The molecule has 0 aliphatic heterocycles. The molecule has 5 nitrogen and oxygen atoms in total. The van der Waals surface area contributed by atoms with Gasteiger partial charge in [-0.3, -0.25) is 4.79 Å². The van der Waals surface area contributed by atoms with Crippen molar-refractivity contribution in [1.29, 1.82) is 0 Å². The van der Waals surface area contributed by atoms with Crippen LogP contribution in [0.1, 0.15) is 23.2 Å². The summed E-state index contributed by atoms with van der Waals surface area (Å²) in [6, 6.07) is 0.756. The number of nitrogens with zero attached hydrogens (tertiary/aromatic N) is 1. The van der Waals surface area contributed by atoms with E-state index >= 15 is 0 Å². The number of halogens is 5. The molecule has 0 saturated carbocycles. The average Bonchev–Trinajstić information content (AvgIpc) is 2.28. The van der Waals surface area contributed by atoms with Crippen molar-refractivity contribution in [1.82, 2.24) is 4.98 Å². The highest BCUT2D eigenvalue weighted by Gasteiger charge is 2.34. The van der Waals surface area contributed by atoms with E-state index in [4.69, 9.17) is 10.8 Å². The van der Waals surface area contributed by atoms with Crippen molar-refractivity contribution < 1.29 is 36.6 Å². The van der Waals surface area contributed by atoms with E-state index in [-0.39, 0.29) is 5.56 Å². The normalized spacial score (nSPS) is 11.8. The molecule has 0 unspecified atom stereocenters. The second-order valence-electron chi connectivity index (χ2n) is 3.61.